The fourth-order valence-corrected chi connectivity index (χ4v) is 1.63. The molecule has 0 aliphatic heterocycles. The average Bonchev–Trinajstić information content (AvgIpc) is 2.37. The van der Waals surface area contributed by atoms with E-state index in [9.17, 15) is 19.7 Å². The Morgan fingerprint density at radius 3 is 2.75 bits per heavy atom. The van der Waals surface area contributed by atoms with Gasteiger partial charge in [0, 0.05) is 12.6 Å². The lowest BCUT2D eigenvalue weighted by molar-refractivity contribution is -0.385. The molecule has 0 aliphatic rings. The van der Waals surface area contributed by atoms with Crippen molar-refractivity contribution in [1.29, 1.82) is 0 Å². The molecule has 2 N–H and O–H groups in total. The zero-order valence-corrected chi connectivity index (χ0v) is 10.9. The Morgan fingerprint density at radius 2 is 2.15 bits per heavy atom. The van der Waals surface area contributed by atoms with E-state index in [-0.39, 0.29) is 23.7 Å². The van der Waals surface area contributed by atoms with Crippen molar-refractivity contribution in [2.45, 2.75) is 0 Å². The monoisotopic (exact) mass is 302 g/mol. The molecule has 0 fully saturated rings. The van der Waals surface area contributed by atoms with Gasteiger partial charge < -0.3 is 15.2 Å². The number of benzene rings is 1. The van der Waals surface area contributed by atoms with Gasteiger partial charge in [-0.15, -0.1) is 0 Å². The first-order valence-electron chi connectivity index (χ1n) is 5.44. The van der Waals surface area contributed by atoms with Crippen molar-refractivity contribution in [2.24, 2.45) is 0 Å². The van der Waals surface area contributed by atoms with Gasteiger partial charge in [-0.05, 0) is 6.07 Å². The number of carbonyl (C=O) groups is 2. The summed E-state index contributed by atoms with van der Waals surface area (Å²) in [5.74, 6) is -1.85. The molecule has 0 radical (unpaired) electrons. The van der Waals surface area contributed by atoms with Crippen molar-refractivity contribution < 1.29 is 24.4 Å². The summed E-state index contributed by atoms with van der Waals surface area (Å²) in [4.78, 5) is 32.1. The fraction of sp³-hybridized carbons (Fsp3) is 0.273. The number of aliphatic carboxylic acids is 1. The van der Waals surface area contributed by atoms with Crippen LogP contribution in [0.25, 0.3) is 0 Å². The molecule has 1 amide bonds. The average molecular weight is 303 g/mol. The Morgan fingerprint density at radius 1 is 1.45 bits per heavy atom. The van der Waals surface area contributed by atoms with E-state index in [0.717, 1.165) is 0 Å². The molecule has 1 aromatic rings. The van der Waals surface area contributed by atoms with Gasteiger partial charge in [0.25, 0.3) is 11.6 Å². The first kappa shape index (κ1) is 15.9. The van der Waals surface area contributed by atoms with E-state index in [1.807, 2.05) is 0 Å². The number of carboxylic acid groups (broad SMARTS) is 1. The van der Waals surface area contributed by atoms with Gasteiger partial charge >= 0.3 is 5.97 Å². The molecule has 9 heteroatoms. The Bertz CT molecular complexity index is 534. The van der Waals surface area contributed by atoms with Crippen molar-refractivity contribution in [3.63, 3.8) is 0 Å². The van der Waals surface area contributed by atoms with E-state index < -0.39 is 29.1 Å². The number of rotatable bonds is 7. The highest BCUT2D eigenvalue weighted by Gasteiger charge is 2.22. The standard InChI is InChI=1S/C11H11ClN2O6/c12-7-2-1-3-8(14(18)19)10(7)11(17)13-4-5-20-6-9(15)16/h1-3H,4-6H2,(H,13,17)(H,15,16). The quantitative estimate of drug-likeness (QED) is 0.442. The molecule has 0 saturated heterocycles. The molecule has 0 heterocycles. The van der Waals surface area contributed by atoms with Crippen molar-refractivity contribution >= 4 is 29.2 Å². The van der Waals surface area contributed by atoms with Gasteiger partial charge in [0.15, 0.2) is 0 Å². The second-order valence-electron chi connectivity index (χ2n) is 3.59. The Balaban J connectivity index is 2.64. The number of nitrogens with zero attached hydrogens (tertiary/aromatic N) is 1. The molecule has 8 nitrogen and oxygen atoms in total. The van der Waals surface area contributed by atoms with Gasteiger partial charge in [-0.3, -0.25) is 14.9 Å². The van der Waals surface area contributed by atoms with E-state index in [2.05, 4.69) is 5.32 Å². The Hall–Kier alpha value is -2.19. The maximum Gasteiger partial charge on any atom is 0.329 e. The van der Waals surface area contributed by atoms with Crippen molar-refractivity contribution in [3.8, 4) is 0 Å². The van der Waals surface area contributed by atoms with Gasteiger partial charge in [0.1, 0.15) is 12.2 Å². The molecule has 1 aromatic carbocycles. The number of halogens is 1. The van der Waals surface area contributed by atoms with Gasteiger partial charge in [-0.1, -0.05) is 17.7 Å². The van der Waals surface area contributed by atoms with Crippen LogP contribution in [0.2, 0.25) is 5.02 Å². The van der Waals surface area contributed by atoms with Crippen LogP contribution in [0, 0.1) is 10.1 Å². The van der Waals surface area contributed by atoms with Crippen molar-refractivity contribution in [3.05, 3.63) is 38.9 Å². The first-order chi connectivity index (χ1) is 9.43. The minimum atomic E-state index is -1.13. The molecule has 0 bridgehead atoms. The number of carboxylic acids is 1. The lowest BCUT2D eigenvalue weighted by Crippen LogP contribution is -2.28. The minimum Gasteiger partial charge on any atom is -0.480 e. The highest BCUT2D eigenvalue weighted by atomic mass is 35.5. The van der Waals surface area contributed by atoms with Crippen molar-refractivity contribution in [2.75, 3.05) is 19.8 Å². The predicted molar refractivity (Wildman–Crippen MR) is 68.9 cm³/mol. The summed E-state index contributed by atoms with van der Waals surface area (Å²) < 4.78 is 4.71. The SMILES string of the molecule is O=C(O)COCCNC(=O)c1c(Cl)cccc1[N+](=O)[O-]. The maximum atomic E-state index is 11.8. The molecular formula is C11H11ClN2O6. The molecule has 0 aliphatic carbocycles. The number of ether oxygens (including phenoxy) is 1. The topological polar surface area (TPSA) is 119 Å². The summed E-state index contributed by atoms with van der Waals surface area (Å²) in [5.41, 5.74) is -0.640. The summed E-state index contributed by atoms with van der Waals surface area (Å²) in [6.45, 7) is -0.507. The van der Waals surface area contributed by atoms with Gasteiger partial charge in [-0.2, -0.15) is 0 Å². The predicted octanol–water partition coefficient (Wildman–Crippen LogP) is 1.08. The number of hydrogen-bond donors (Lipinski definition) is 2. The third kappa shape index (κ3) is 4.48. The molecule has 0 unspecified atom stereocenters. The lowest BCUT2D eigenvalue weighted by atomic mass is 10.1. The highest BCUT2D eigenvalue weighted by molar-refractivity contribution is 6.34. The lowest BCUT2D eigenvalue weighted by Gasteiger charge is -2.07. The van der Waals surface area contributed by atoms with Crippen LogP contribution in [0.1, 0.15) is 10.4 Å². The van der Waals surface area contributed by atoms with Crippen LogP contribution in [-0.2, 0) is 9.53 Å². The van der Waals surface area contributed by atoms with E-state index in [1.165, 1.54) is 18.2 Å². The number of nitro groups is 1. The number of nitrogens with one attached hydrogen (secondary N) is 1. The van der Waals surface area contributed by atoms with Crippen LogP contribution in [0.15, 0.2) is 18.2 Å². The largest absolute Gasteiger partial charge is 0.480 e. The molecule has 0 atom stereocenters. The maximum absolute atomic E-state index is 11.8. The molecule has 20 heavy (non-hydrogen) atoms. The summed E-state index contributed by atoms with van der Waals surface area (Å²) in [7, 11) is 0. The Kier molecular flexibility index (Phi) is 5.88. The fourth-order valence-electron chi connectivity index (χ4n) is 1.37. The van der Waals surface area contributed by atoms with Crippen molar-refractivity contribution in [1.82, 2.24) is 5.32 Å². The van der Waals surface area contributed by atoms with E-state index >= 15 is 0 Å². The van der Waals surface area contributed by atoms with Gasteiger partial charge in [-0.25, -0.2) is 4.79 Å². The zero-order chi connectivity index (χ0) is 15.1. The molecule has 0 saturated carbocycles. The molecule has 0 spiro atoms. The second-order valence-corrected chi connectivity index (χ2v) is 4.00. The highest BCUT2D eigenvalue weighted by Crippen LogP contribution is 2.25. The van der Waals surface area contributed by atoms with E-state index in [0.29, 0.717) is 0 Å². The zero-order valence-electron chi connectivity index (χ0n) is 10.2. The number of hydrogen-bond acceptors (Lipinski definition) is 5. The van der Waals surface area contributed by atoms with Crippen LogP contribution in [0.4, 0.5) is 5.69 Å². The summed E-state index contributed by atoms with van der Waals surface area (Å²) in [6, 6.07) is 3.90. The third-order valence-electron chi connectivity index (χ3n) is 2.17. The molecule has 1 rings (SSSR count). The second kappa shape index (κ2) is 7.41. The van der Waals surface area contributed by atoms with Crippen LogP contribution < -0.4 is 5.32 Å². The van der Waals surface area contributed by atoms with Crippen LogP contribution in [-0.4, -0.2) is 41.7 Å². The van der Waals surface area contributed by atoms with E-state index in [1.54, 1.807) is 0 Å². The van der Waals surface area contributed by atoms with Gasteiger partial charge in [0.05, 0.1) is 16.6 Å². The molecule has 0 aromatic heterocycles. The van der Waals surface area contributed by atoms with E-state index in [4.69, 9.17) is 21.4 Å². The van der Waals surface area contributed by atoms with Crippen LogP contribution >= 0.6 is 11.6 Å². The molecular weight excluding hydrogens is 292 g/mol. The van der Waals surface area contributed by atoms with Crippen LogP contribution in [0.3, 0.4) is 0 Å². The number of carbonyl (C=O) groups excluding carboxylic acids is 1. The summed E-state index contributed by atoms with van der Waals surface area (Å²) in [5, 5.41) is 21.5. The Labute approximate surface area is 118 Å². The molecule has 108 valence electrons. The summed E-state index contributed by atoms with van der Waals surface area (Å²) in [6.07, 6.45) is 0. The minimum absolute atomic E-state index is 0.00842. The first-order valence-corrected chi connectivity index (χ1v) is 5.82. The number of nitro benzene ring substituents is 1. The smallest absolute Gasteiger partial charge is 0.329 e. The summed E-state index contributed by atoms with van der Waals surface area (Å²) >= 11 is 5.78. The number of amides is 1. The third-order valence-corrected chi connectivity index (χ3v) is 2.49. The van der Waals surface area contributed by atoms with Gasteiger partial charge in [0.2, 0.25) is 0 Å². The van der Waals surface area contributed by atoms with Crippen LogP contribution in [0.5, 0.6) is 0 Å². The normalized spacial score (nSPS) is 10.1.